The molecule has 1 N–H and O–H groups in total. The molecule has 1 heterocycles. The molecule has 1 saturated heterocycles. The molecule has 1 amide bonds. The van der Waals surface area contributed by atoms with Gasteiger partial charge >= 0.3 is 6.09 Å². The maximum absolute atomic E-state index is 11.4. The van der Waals surface area contributed by atoms with Gasteiger partial charge in [-0.25, -0.2) is 14.8 Å². The molecule has 16 heavy (non-hydrogen) atoms. The molecule has 0 spiro atoms. The van der Waals surface area contributed by atoms with Crippen LogP contribution in [0, 0.1) is 0 Å². The zero-order valence-corrected chi connectivity index (χ0v) is 9.90. The van der Waals surface area contributed by atoms with E-state index in [1.54, 1.807) is 5.01 Å². The molecule has 0 bridgehead atoms. The maximum atomic E-state index is 11.4. The Morgan fingerprint density at radius 2 is 1.56 bits per heavy atom. The van der Waals surface area contributed by atoms with Crippen molar-refractivity contribution in [2.75, 3.05) is 13.1 Å². The van der Waals surface area contributed by atoms with Gasteiger partial charge in [-0.05, 0) is 25.7 Å². The van der Waals surface area contributed by atoms with Crippen molar-refractivity contribution in [3.05, 3.63) is 0 Å². The lowest BCUT2D eigenvalue weighted by Crippen LogP contribution is -2.53. The number of piperidine rings is 1. The molecule has 0 aromatic rings. The second kappa shape index (κ2) is 5.53. The first-order valence-corrected chi connectivity index (χ1v) is 6.56. The normalized spacial score (nSPS) is 24.2. The van der Waals surface area contributed by atoms with E-state index >= 15 is 0 Å². The van der Waals surface area contributed by atoms with Crippen LogP contribution in [-0.4, -0.2) is 40.3 Å². The minimum Gasteiger partial charge on any atom is -0.464 e. The van der Waals surface area contributed by atoms with Crippen LogP contribution in [0.15, 0.2) is 0 Å². The first-order valence-electron chi connectivity index (χ1n) is 6.56. The van der Waals surface area contributed by atoms with Crippen molar-refractivity contribution in [1.29, 1.82) is 0 Å². The molecule has 0 aromatic heterocycles. The molecule has 2 rings (SSSR count). The highest BCUT2D eigenvalue weighted by molar-refractivity contribution is 5.64. The lowest BCUT2D eigenvalue weighted by Gasteiger charge is -2.41. The molecule has 4 nitrogen and oxygen atoms in total. The lowest BCUT2D eigenvalue weighted by atomic mass is 9.95. The minimum absolute atomic E-state index is 0.240. The van der Waals surface area contributed by atoms with E-state index in [-0.39, 0.29) is 6.04 Å². The van der Waals surface area contributed by atoms with Crippen LogP contribution < -0.4 is 0 Å². The lowest BCUT2D eigenvalue weighted by molar-refractivity contribution is -0.0593. The molecule has 2 fully saturated rings. The summed E-state index contributed by atoms with van der Waals surface area (Å²) >= 11 is 0. The van der Waals surface area contributed by atoms with Gasteiger partial charge in [0, 0.05) is 13.1 Å². The Labute approximate surface area is 97.2 Å². The molecule has 4 heteroatoms. The van der Waals surface area contributed by atoms with E-state index in [0.29, 0.717) is 0 Å². The van der Waals surface area contributed by atoms with Crippen molar-refractivity contribution >= 4 is 6.09 Å². The fraction of sp³-hybridized carbons (Fsp3) is 0.917. The summed E-state index contributed by atoms with van der Waals surface area (Å²) in [5.41, 5.74) is 0. The van der Waals surface area contributed by atoms with E-state index in [9.17, 15) is 9.90 Å². The van der Waals surface area contributed by atoms with E-state index < -0.39 is 6.09 Å². The predicted octanol–water partition coefficient (Wildman–Crippen LogP) is 2.70. The summed E-state index contributed by atoms with van der Waals surface area (Å²) in [6, 6.07) is 0.240. The van der Waals surface area contributed by atoms with Crippen molar-refractivity contribution in [3.63, 3.8) is 0 Å². The average Bonchev–Trinajstić information content (AvgIpc) is 2.31. The summed E-state index contributed by atoms with van der Waals surface area (Å²) in [6.45, 7) is 1.84. The SMILES string of the molecule is O=C(O)N(C1CCCCC1)N1CCCCC1. The first kappa shape index (κ1) is 11.7. The minimum atomic E-state index is -0.756. The highest BCUT2D eigenvalue weighted by Gasteiger charge is 2.30. The third-order valence-corrected chi connectivity index (χ3v) is 3.75. The average molecular weight is 226 g/mol. The molecule has 0 atom stereocenters. The number of hydrazine groups is 1. The van der Waals surface area contributed by atoms with Gasteiger partial charge in [0.25, 0.3) is 0 Å². The molecular formula is C12H22N2O2. The third kappa shape index (κ3) is 2.67. The highest BCUT2D eigenvalue weighted by Crippen LogP contribution is 2.25. The Kier molecular flexibility index (Phi) is 4.04. The van der Waals surface area contributed by atoms with Gasteiger partial charge in [0.05, 0.1) is 6.04 Å². The van der Waals surface area contributed by atoms with E-state index in [4.69, 9.17) is 0 Å². The number of carboxylic acid groups (broad SMARTS) is 1. The molecule has 1 aliphatic heterocycles. The second-order valence-corrected chi connectivity index (χ2v) is 4.93. The Hall–Kier alpha value is -0.770. The van der Waals surface area contributed by atoms with Crippen LogP contribution in [0.25, 0.3) is 0 Å². The smallest absolute Gasteiger partial charge is 0.422 e. The molecule has 92 valence electrons. The van der Waals surface area contributed by atoms with Crippen molar-refractivity contribution in [2.45, 2.75) is 57.4 Å². The number of hydrogen-bond acceptors (Lipinski definition) is 2. The summed E-state index contributed by atoms with van der Waals surface area (Å²) in [5, 5.41) is 13.1. The quantitative estimate of drug-likeness (QED) is 0.787. The third-order valence-electron chi connectivity index (χ3n) is 3.75. The summed E-state index contributed by atoms with van der Waals surface area (Å²) in [7, 11) is 0. The van der Waals surface area contributed by atoms with Gasteiger partial charge in [0.15, 0.2) is 0 Å². The number of amides is 1. The largest absolute Gasteiger partial charge is 0.464 e. The summed E-state index contributed by atoms with van der Waals surface area (Å²) in [6.07, 6.45) is 8.48. The van der Waals surface area contributed by atoms with Gasteiger partial charge < -0.3 is 5.11 Å². The standard InChI is InChI=1S/C12H22N2O2/c15-12(16)14(11-7-3-1-4-8-11)13-9-5-2-6-10-13/h11H,1-10H2,(H,15,16). The van der Waals surface area contributed by atoms with Crippen LogP contribution in [0.5, 0.6) is 0 Å². The Balaban J connectivity index is 1.99. The van der Waals surface area contributed by atoms with Gasteiger partial charge in [-0.15, -0.1) is 0 Å². The molecule has 0 radical (unpaired) electrons. The fourth-order valence-corrected chi connectivity index (χ4v) is 2.93. The van der Waals surface area contributed by atoms with Crippen LogP contribution in [0.3, 0.4) is 0 Å². The van der Waals surface area contributed by atoms with Crippen molar-refractivity contribution in [2.24, 2.45) is 0 Å². The van der Waals surface area contributed by atoms with E-state index in [1.807, 2.05) is 0 Å². The fourth-order valence-electron chi connectivity index (χ4n) is 2.93. The Morgan fingerprint density at radius 3 is 2.12 bits per heavy atom. The first-order chi connectivity index (χ1) is 7.79. The molecule has 0 aromatic carbocycles. The van der Waals surface area contributed by atoms with Crippen LogP contribution in [0.1, 0.15) is 51.4 Å². The topological polar surface area (TPSA) is 43.8 Å². The van der Waals surface area contributed by atoms with Crippen LogP contribution >= 0.6 is 0 Å². The monoisotopic (exact) mass is 226 g/mol. The van der Waals surface area contributed by atoms with Crippen LogP contribution in [0.2, 0.25) is 0 Å². The van der Waals surface area contributed by atoms with Crippen molar-refractivity contribution in [1.82, 2.24) is 10.0 Å². The maximum Gasteiger partial charge on any atom is 0.422 e. The van der Waals surface area contributed by atoms with Gasteiger partial charge in [-0.2, -0.15) is 0 Å². The summed E-state index contributed by atoms with van der Waals surface area (Å²) in [5.74, 6) is 0. The Morgan fingerprint density at radius 1 is 1.00 bits per heavy atom. The molecule has 1 saturated carbocycles. The Bertz CT molecular complexity index is 215. The molecule has 0 unspecified atom stereocenters. The number of rotatable bonds is 2. The molecule has 2 aliphatic rings. The van der Waals surface area contributed by atoms with E-state index in [1.165, 1.54) is 25.7 Å². The van der Waals surface area contributed by atoms with Crippen LogP contribution in [0.4, 0.5) is 4.79 Å². The van der Waals surface area contributed by atoms with Gasteiger partial charge in [-0.1, -0.05) is 25.7 Å². The summed E-state index contributed by atoms with van der Waals surface area (Å²) < 4.78 is 0. The highest BCUT2D eigenvalue weighted by atomic mass is 16.4. The van der Waals surface area contributed by atoms with Gasteiger partial charge in [0.1, 0.15) is 0 Å². The van der Waals surface area contributed by atoms with Gasteiger partial charge in [-0.3, -0.25) is 0 Å². The van der Waals surface area contributed by atoms with Crippen molar-refractivity contribution < 1.29 is 9.90 Å². The second-order valence-electron chi connectivity index (χ2n) is 4.93. The van der Waals surface area contributed by atoms with Gasteiger partial charge in [0.2, 0.25) is 0 Å². The van der Waals surface area contributed by atoms with Crippen LogP contribution in [-0.2, 0) is 0 Å². The van der Waals surface area contributed by atoms with E-state index in [2.05, 4.69) is 5.01 Å². The predicted molar refractivity (Wildman–Crippen MR) is 62.2 cm³/mol. The van der Waals surface area contributed by atoms with E-state index in [0.717, 1.165) is 38.8 Å². The number of carbonyl (C=O) groups is 1. The molecular weight excluding hydrogens is 204 g/mol. The van der Waals surface area contributed by atoms with Crippen molar-refractivity contribution in [3.8, 4) is 0 Å². The number of hydrogen-bond donors (Lipinski definition) is 1. The zero-order chi connectivity index (χ0) is 11.4. The summed E-state index contributed by atoms with van der Waals surface area (Å²) in [4.78, 5) is 11.4. The number of nitrogens with zero attached hydrogens (tertiary/aromatic N) is 2. The zero-order valence-electron chi connectivity index (χ0n) is 9.90. The molecule has 1 aliphatic carbocycles.